The lowest BCUT2D eigenvalue weighted by Gasteiger charge is -2.09. The molecule has 3 N–H and O–H groups in total. The zero-order valence-corrected chi connectivity index (χ0v) is 14.8. The number of hydrogen-bond acceptors (Lipinski definition) is 4. The molecule has 6 nitrogen and oxygen atoms in total. The molecule has 0 unspecified atom stereocenters. The molecule has 0 atom stereocenters. The molecule has 2 aromatic carbocycles. The van der Waals surface area contributed by atoms with Gasteiger partial charge >= 0.3 is 0 Å². The van der Waals surface area contributed by atoms with Crippen LogP contribution in [0.2, 0.25) is 10.0 Å². The summed E-state index contributed by atoms with van der Waals surface area (Å²) in [6, 6.07) is 12.8. The number of amides is 2. The summed E-state index contributed by atoms with van der Waals surface area (Å²) in [4.78, 5) is 23.2. The smallest absolute Gasteiger partial charge is 0.266 e. The van der Waals surface area contributed by atoms with Gasteiger partial charge in [-0.2, -0.15) is 5.26 Å². The number of halogens is 2. The number of carbonyl (C=O) groups is 2. The van der Waals surface area contributed by atoms with Gasteiger partial charge in [0, 0.05) is 21.3 Å². The van der Waals surface area contributed by atoms with Crippen LogP contribution in [0.4, 0.5) is 5.69 Å². The van der Waals surface area contributed by atoms with E-state index in [1.54, 1.807) is 30.3 Å². The molecule has 0 aliphatic heterocycles. The molecule has 0 spiro atoms. The van der Waals surface area contributed by atoms with Crippen LogP contribution in [0, 0.1) is 11.3 Å². The van der Waals surface area contributed by atoms with Crippen molar-refractivity contribution < 1.29 is 14.3 Å². The second-order valence-electron chi connectivity index (χ2n) is 5.07. The first-order chi connectivity index (χ1) is 12.4. The van der Waals surface area contributed by atoms with Crippen molar-refractivity contribution in [2.24, 2.45) is 5.73 Å². The maximum Gasteiger partial charge on any atom is 0.266 e. The van der Waals surface area contributed by atoms with E-state index in [2.05, 4.69) is 5.32 Å². The van der Waals surface area contributed by atoms with Gasteiger partial charge in [0.1, 0.15) is 17.4 Å². The Kier molecular flexibility index (Phi) is 6.61. The maximum absolute atomic E-state index is 12.3. The van der Waals surface area contributed by atoms with E-state index in [-0.39, 0.29) is 17.9 Å². The monoisotopic (exact) mass is 389 g/mol. The summed E-state index contributed by atoms with van der Waals surface area (Å²) in [5, 5.41) is 12.8. The number of hydrogen-bond donors (Lipinski definition) is 2. The molecule has 0 saturated heterocycles. The van der Waals surface area contributed by atoms with E-state index < -0.39 is 11.8 Å². The molecule has 2 amide bonds. The van der Waals surface area contributed by atoms with E-state index in [4.69, 9.17) is 33.7 Å². The molecule has 2 rings (SSSR count). The molecule has 0 aliphatic carbocycles. The molecule has 0 bridgehead atoms. The van der Waals surface area contributed by atoms with E-state index in [0.717, 1.165) is 0 Å². The number of nitriles is 1. The third-order valence-corrected chi connectivity index (χ3v) is 3.60. The predicted octanol–water partition coefficient (Wildman–Crippen LogP) is 3.40. The number of primary amides is 1. The number of benzene rings is 2. The van der Waals surface area contributed by atoms with Gasteiger partial charge in [0.05, 0.1) is 0 Å². The van der Waals surface area contributed by atoms with Gasteiger partial charge in [0.15, 0.2) is 6.61 Å². The van der Waals surface area contributed by atoms with Crippen LogP contribution in [0.1, 0.15) is 5.56 Å². The van der Waals surface area contributed by atoms with Gasteiger partial charge in [-0.15, -0.1) is 0 Å². The lowest BCUT2D eigenvalue weighted by atomic mass is 10.1. The predicted molar refractivity (Wildman–Crippen MR) is 99.8 cm³/mol. The maximum atomic E-state index is 12.3. The molecule has 26 heavy (non-hydrogen) atoms. The van der Waals surface area contributed by atoms with E-state index >= 15 is 0 Å². The number of nitrogens with zero attached hydrogens (tertiary/aromatic N) is 1. The van der Waals surface area contributed by atoms with E-state index in [1.165, 1.54) is 18.2 Å². The molecule has 132 valence electrons. The minimum atomic E-state index is -0.657. The number of anilines is 1. The summed E-state index contributed by atoms with van der Waals surface area (Å²) in [6.07, 6.45) is 1.31. The zero-order valence-electron chi connectivity index (χ0n) is 13.3. The molecule has 0 saturated carbocycles. The van der Waals surface area contributed by atoms with Gasteiger partial charge < -0.3 is 15.8 Å². The minimum absolute atomic E-state index is 0.175. The molecule has 0 radical (unpaired) electrons. The van der Waals surface area contributed by atoms with E-state index in [1.807, 2.05) is 6.07 Å². The van der Waals surface area contributed by atoms with Crippen molar-refractivity contribution in [1.29, 1.82) is 5.26 Å². The molecule has 0 heterocycles. The number of nitrogens with two attached hydrogens (primary N) is 1. The number of nitrogens with one attached hydrogen (secondary N) is 1. The number of carbonyl (C=O) groups excluding carboxylic acids is 2. The Balaban J connectivity index is 2.28. The number of rotatable bonds is 6. The summed E-state index contributed by atoms with van der Waals surface area (Å²) < 4.78 is 5.28. The first-order valence-corrected chi connectivity index (χ1v) is 8.04. The highest BCUT2D eigenvalue weighted by molar-refractivity contribution is 6.31. The van der Waals surface area contributed by atoms with Crippen molar-refractivity contribution in [3.05, 3.63) is 63.6 Å². The van der Waals surface area contributed by atoms with Gasteiger partial charge in [0.25, 0.3) is 11.8 Å². The summed E-state index contributed by atoms with van der Waals surface area (Å²) in [7, 11) is 0. The lowest BCUT2D eigenvalue weighted by molar-refractivity contribution is -0.120. The summed E-state index contributed by atoms with van der Waals surface area (Å²) in [6.45, 7) is -0.346. The van der Waals surface area contributed by atoms with Crippen molar-refractivity contribution >= 4 is 46.8 Å². The first-order valence-electron chi connectivity index (χ1n) is 7.28. The van der Waals surface area contributed by atoms with Crippen LogP contribution in [0.15, 0.2) is 48.0 Å². The van der Waals surface area contributed by atoms with Crippen molar-refractivity contribution in [3.63, 3.8) is 0 Å². The Bertz CT molecular complexity index is 903. The quantitative estimate of drug-likeness (QED) is 0.583. The average Bonchev–Trinajstić information content (AvgIpc) is 2.60. The average molecular weight is 390 g/mol. The highest BCUT2D eigenvalue weighted by atomic mass is 35.5. The largest absolute Gasteiger partial charge is 0.483 e. The normalized spacial score (nSPS) is 10.7. The van der Waals surface area contributed by atoms with Crippen molar-refractivity contribution in [2.75, 3.05) is 11.9 Å². The van der Waals surface area contributed by atoms with Crippen LogP contribution in [0.3, 0.4) is 0 Å². The van der Waals surface area contributed by atoms with Crippen LogP contribution in [-0.4, -0.2) is 18.4 Å². The van der Waals surface area contributed by atoms with Crippen molar-refractivity contribution in [2.45, 2.75) is 0 Å². The highest BCUT2D eigenvalue weighted by Gasteiger charge is 2.12. The summed E-state index contributed by atoms with van der Waals surface area (Å²) in [5.41, 5.74) is 5.73. The third-order valence-electron chi connectivity index (χ3n) is 3.11. The molecule has 0 aromatic heterocycles. The first kappa shape index (κ1) is 19.3. The van der Waals surface area contributed by atoms with Crippen molar-refractivity contribution in [1.82, 2.24) is 0 Å². The SMILES string of the molecule is N#C/C(=C\c1cc(Cl)ccc1OCC(N)=O)C(=O)Nc1ccc(Cl)cc1. The van der Waals surface area contributed by atoms with E-state index in [0.29, 0.717) is 21.3 Å². The molecular weight excluding hydrogens is 377 g/mol. The number of ether oxygens (including phenoxy) is 1. The molecule has 0 aliphatic rings. The van der Waals surface area contributed by atoms with Crippen molar-refractivity contribution in [3.8, 4) is 11.8 Å². The van der Waals surface area contributed by atoms with Crippen LogP contribution >= 0.6 is 23.2 Å². The highest BCUT2D eigenvalue weighted by Crippen LogP contribution is 2.25. The van der Waals surface area contributed by atoms with Gasteiger partial charge in [-0.25, -0.2) is 0 Å². The zero-order chi connectivity index (χ0) is 19.1. The Hall–Kier alpha value is -3.01. The molecule has 2 aromatic rings. The fraction of sp³-hybridized carbons (Fsp3) is 0.0556. The van der Waals surface area contributed by atoms with Crippen LogP contribution in [0.25, 0.3) is 6.08 Å². The lowest BCUT2D eigenvalue weighted by Crippen LogP contribution is -2.20. The molecule has 0 fully saturated rings. The third kappa shape index (κ3) is 5.52. The second-order valence-corrected chi connectivity index (χ2v) is 5.94. The topological polar surface area (TPSA) is 105 Å². The van der Waals surface area contributed by atoms with Gasteiger partial charge in [-0.05, 0) is 48.5 Å². The van der Waals surface area contributed by atoms with Crippen LogP contribution in [-0.2, 0) is 9.59 Å². The Labute approximate surface area is 159 Å². The molecule has 8 heteroatoms. The van der Waals surface area contributed by atoms with Crippen LogP contribution in [0.5, 0.6) is 5.75 Å². The summed E-state index contributed by atoms with van der Waals surface area (Å²) in [5.74, 6) is -1.01. The van der Waals surface area contributed by atoms with Gasteiger partial charge in [-0.3, -0.25) is 9.59 Å². The fourth-order valence-corrected chi connectivity index (χ4v) is 2.25. The Morgan fingerprint density at radius 2 is 1.81 bits per heavy atom. The Morgan fingerprint density at radius 3 is 2.42 bits per heavy atom. The minimum Gasteiger partial charge on any atom is -0.483 e. The second kappa shape index (κ2) is 8.90. The van der Waals surface area contributed by atoms with Gasteiger partial charge in [-0.1, -0.05) is 23.2 Å². The van der Waals surface area contributed by atoms with E-state index in [9.17, 15) is 14.9 Å². The standard InChI is InChI=1S/C18H13Cl2N3O3/c19-13-1-4-15(5-2-13)23-18(25)12(9-21)7-11-8-14(20)3-6-16(11)26-10-17(22)24/h1-8H,10H2,(H2,22,24)(H,23,25)/b12-7+. The molecular formula is C18H13Cl2N3O3. The summed E-state index contributed by atoms with van der Waals surface area (Å²) >= 11 is 11.8. The van der Waals surface area contributed by atoms with Crippen LogP contribution < -0.4 is 15.8 Å². The Morgan fingerprint density at radius 1 is 1.15 bits per heavy atom. The van der Waals surface area contributed by atoms with Gasteiger partial charge in [0.2, 0.25) is 0 Å². The fourth-order valence-electron chi connectivity index (χ4n) is 1.95.